The second kappa shape index (κ2) is 6.68. The summed E-state index contributed by atoms with van der Waals surface area (Å²) in [5, 5.41) is 3.15. The number of piperidine rings is 1. The molecule has 1 aromatic heterocycles. The standard InChI is InChI=1S/C15H24N4O/c1-11(2)7-16-15-17-8-13(9-18-15)14(20)19-6-4-5-12(3)10-19/h8-9,11-12H,4-7,10H2,1-3H3,(H,16,17,18). The van der Waals surface area contributed by atoms with E-state index in [2.05, 4.69) is 36.1 Å². The van der Waals surface area contributed by atoms with E-state index in [1.165, 1.54) is 6.42 Å². The highest BCUT2D eigenvalue weighted by atomic mass is 16.2. The molecule has 0 saturated carbocycles. The molecule has 1 atom stereocenters. The Hall–Kier alpha value is -1.65. The van der Waals surface area contributed by atoms with Crippen LogP contribution in [0.3, 0.4) is 0 Å². The summed E-state index contributed by atoms with van der Waals surface area (Å²) in [6, 6.07) is 0. The first kappa shape index (κ1) is 14.8. The fourth-order valence-electron chi connectivity index (χ4n) is 2.38. The van der Waals surface area contributed by atoms with Crippen molar-refractivity contribution >= 4 is 11.9 Å². The van der Waals surface area contributed by atoms with Crippen LogP contribution in [-0.4, -0.2) is 40.4 Å². The maximum absolute atomic E-state index is 12.3. The van der Waals surface area contributed by atoms with Crippen LogP contribution in [0.5, 0.6) is 0 Å². The minimum absolute atomic E-state index is 0.0481. The summed E-state index contributed by atoms with van der Waals surface area (Å²) < 4.78 is 0. The third-order valence-corrected chi connectivity index (χ3v) is 3.51. The molecule has 5 nitrogen and oxygen atoms in total. The van der Waals surface area contributed by atoms with Gasteiger partial charge >= 0.3 is 0 Å². The van der Waals surface area contributed by atoms with Gasteiger partial charge in [-0.3, -0.25) is 4.79 Å². The summed E-state index contributed by atoms with van der Waals surface area (Å²) in [4.78, 5) is 22.7. The van der Waals surface area contributed by atoms with E-state index in [1.54, 1.807) is 12.4 Å². The number of nitrogens with one attached hydrogen (secondary N) is 1. The molecule has 5 heteroatoms. The Morgan fingerprint density at radius 2 is 2.15 bits per heavy atom. The lowest BCUT2D eigenvalue weighted by atomic mass is 10.00. The monoisotopic (exact) mass is 276 g/mol. The van der Waals surface area contributed by atoms with Gasteiger partial charge in [-0.2, -0.15) is 0 Å². The molecule has 1 saturated heterocycles. The van der Waals surface area contributed by atoms with E-state index in [4.69, 9.17) is 0 Å². The molecule has 1 N–H and O–H groups in total. The quantitative estimate of drug-likeness (QED) is 0.917. The largest absolute Gasteiger partial charge is 0.354 e. The summed E-state index contributed by atoms with van der Waals surface area (Å²) >= 11 is 0. The van der Waals surface area contributed by atoms with Gasteiger partial charge in [0.15, 0.2) is 0 Å². The number of aromatic nitrogens is 2. The van der Waals surface area contributed by atoms with E-state index >= 15 is 0 Å². The fraction of sp³-hybridized carbons (Fsp3) is 0.667. The van der Waals surface area contributed by atoms with E-state index in [0.717, 1.165) is 26.1 Å². The van der Waals surface area contributed by atoms with Crippen molar-refractivity contribution in [3.05, 3.63) is 18.0 Å². The molecule has 1 amide bonds. The Kier molecular flexibility index (Phi) is 4.93. The highest BCUT2D eigenvalue weighted by molar-refractivity contribution is 5.93. The van der Waals surface area contributed by atoms with Crippen molar-refractivity contribution in [2.24, 2.45) is 11.8 Å². The molecule has 110 valence electrons. The molecule has 1 aliphatic rings. The summed E-state index contributed by atoms with van der Waals surface area (Å²) in [6.07, 6.45) is 5.54. The molecular weight excluding hydrogens is 252 g/mol. The Bertz CT molecular complexity index is 444. The molecule has 0 aliphatic carbocycles. The van der Waals surface area contributed by atoms with Gasteiger partial charge in [-0.25, -0.2) is 9.97 Å². The van der Waals surface area contributed by atoms with Crippen molar-refractivity contribution in [3.8, 4) is 0 Å². The minimum atomic E-state index is 0.0481. The number of likely N-dealkylation sites (tertiary alicyclic amines) is 1. The predicted octanol–water partition coefficient (Wildman–Crippen LogP) is 2.42. The topological polar surface area (TPSA) is 58.1 Å². The number of hydrogen-bond acceptors (Lipinski definition) is 4. The lowest BCUT2D eigenvalue weighted by Gasteiger charge is -2.30. The van der Waals surface area contributed by atoms with E-state index in [0.29, 0.717) is 23.3 Å². The second-order valence-electron chi connectivity index (χ2n) is 6.07. The number of nitrogens with zero attached hydrogens (tertiary/aromatic N) is 3. The zero-order valence-electron chi connectivity index (χ0n) is 12.6. The lowest BCUT2D eigenvalue weighted by molar-refractivity contribution is 0.0682. The average Bonchev–Trinajstić information content (AvgIpc) is 2.45. The number of anilines is 1. The number of amides is 1. The second-order valence-corrected chi connectivity index (χ2v) is 6.07. The molecular formula is C15H24N4O. The Labute approximate surface area is 120 Å². The van der Waals surface area contributed by atoms with E-state index in [9.17, 15) is 4.79 Å². The van der Waals surface area contributed by atoms with Crippen LogP contribution in [0.25, 0.3) is 0 Å². The smallest absolute Gasteiger partial charge is 0.257 e. The van der Waals surface area contributed by atoms with Gasteiger partial charge in [-0.15, -0.1) is 0 Å². The van der Waals surface area contributed by atoms with Crippen LogP contribution in [0.15, 0.2) is 12.4 Å². The van der Waals surface area contributed by atoms with Crippen molar-refractivity contribution in [1.29, 1.82) is 0 Å². The van der Waals surface area contributed by atoms with Crippen molar-refractivity contribution < 1.29 is 4.79 Å². The number of carbonyl (C=O) groups is 1. The average molecular weight is 276 g/mol. The van der Waals surface area contributed by atoms with Crippen molar-refractivity contribution in [1.82, 2.24) is 14.9 Å². The summed E-state index contributed by atoms with van der Waals surface area (Å²) in [6.45, 7) is 8.96. The third kappa shape index (κ3) is 3.92. The Balaban J connectivity index is 1.96. The fourth-order valence-corrected chi connectivity index (χ4v) is 2.38. The summed E-state index contributed by atoms with van der Waals surface area (Å²) in [7, 11) is 0. The van der Waals surface area contributed by atoms with Crippen LogP contribution in [-0.2, 0) is 0 Å². The van der Waals surface area contributed by atoms with Gasteiger partial charge in [-0.05, 0) is 24.7 Å². The molecule has 20 heavy (non-hydrogen) atoms. The van der Waals surface area contributed by atoms with Crippen molar-refractivity contribution in [3.63, 3.8) is 0 Å². The molecule has 0 bridgehead atoms. The first-order chi connectivity index (χ1) is 9.56. The SMILES string of the molecule is CC(C)CNc1ncc(C(=O)N2CCCC(C)C2)cn1. The number of carbonyl (C=O) groups excluding carboxylic acids is 1. The van der Waals surface area contributed by atoms with Crippen LogP contribution in [0.4, 0.5) is 5.95 Å². The van der Waals surface area contributed by atoms with Gasteiger partial charge in [0.05, 0.1) is 5.56 Å². The van der Waals surface area contributed by atoms with Crippen LogP contribution in [0, 0.1) is 11.8 Å². The number of hydrogen-bond donors (Lipinski definition) is 1. The normalized spacial score (nSPS) is 19.2. The first-order valence-corrected chi connectivity index (χ1v) is 7.41. The summed E-state index contributed by atoms with van der Waals surface area (Å²) in [5.74, 6) is 1.75. The van der Waals surface area contributed by atoms with E-state index < -0.39 is 0 Å². The van der Waals surface area contributed by atoms with Crippen LogP contribution >= 0.6 is 0 Å². The maximum atomic E-state index is 12.3. The van der Waals surface area contributed by atoms with Crippen molar-refractivity contribution in [2.45, 2.75) is 33.6 Å². The van der Waals surface area contributed by atoms with Crippen LogP contribution in [0.1, 0.15) is 44.0 Å². The van der Waals surface area contributed by atoms with Gasteiger partial charge in [0, 0.05) is 32.0 Å². The highest BCUT2D eigenvalue weighted by Gasteiger charge is 2.22. The Morgan fingerprint density at radius 1 is 1.45 bits per heavy atom. The number of rotatable bonds is 4. The zero-order chi connectivity index (χ0) is 14.5. The molecule has 2 heterocycles. The highest BCUT2D eigenvalue weighted by Crippen LogP contribution is 2.17. The lowest BCUT2D eigenvalue weighted by Crippen LogP contribution is -2.39. The van der Waals surface area contributed by atoms with E-state index in [1.807, 2.05) is 4.90 Å². The minimum Gasteiger partial charge on any atom is -0.354 e. The van der Waals surface area contributed by atoms with Crippen molar-refractivity contribution in [2.75, 3.05) is 25.0 Å². The maximum Gasteiger partial charge on any atom is 0.257 e. The Morgan fingerprint density at radius 3 is 2.75 bits per heavy atom. The molecule has 1 aliphatic heterocycles. The third-order valence-electron chi connectivity index (χ3n) is 3.51. The molecule has 0 aromatic carbocycles. The van der Waals surface area contributed by atoms with E-state index in [-0.39, 0.29) is 5.91 Å². The van der Waals surface area contributed by atoms with Gasteiger partial charge < -0.3 is 10.2 Å². The van der Waals surface area contributed by atoms with Crippen LogP contribution in [0.2, 0.25) is 0 Å². The molecule has 1 aromatic rings. The van der Waals surface area contributed by atoms with Gasteiger partial charge in [-0.1, -0.05) is 20.8 Å². The molecule has 2 rings (SSSR count). The molecule has 0 spiro atoms. The van der Waals surface area contributed by atoms with Gasteiger partial charge in [0.2, 0.25) is 5.95 Å². The molecule has 0 radical (unpaired) electrons. The first-order valence-electron chi connectivity index (χ1n) is 7.41. The summed E-state index contributed by atoms with van der Waals surface area (Å²) in [5.41, 5.74) is 0.578. The molecule has 1 unspecified atom stereocenters. The zero-order valence-corrected chi connectivity index (χ0v) is 12.6. The van der Waals surface area contributed by atoms with Crippen LogP contribution < -0.4 is 5.32 Å². The molecule has 1 fully saturated rings. The predicted molar refractivity (Wildman–Crippen MR) is 79.7 cm³/mol. The van der Waals surface area contributed by atoms with Gasteiger partial charge in [0.25, 0.3) is 5.91 Å². The van der Waals surface area contributed by atoms with Gasteiger partial charge in [0.1, 0.15) is 0 Å².